The van der Waals surface area contributed by atoms with E-state index in [1.807, 2.05) is 76.5 Å². The van der Waals surface area contributed by atoms with E-state index >= 15 is 0 Å². The molecule has 5 rings (SSSR count). The Morgan fingerprint density at radius 2 is 1.49 bits per heavy atom. The first-order valence-corrected chi connectivity index (χ1v) is 15.4. The summed E-state index contributed by atoms with van der Waals surface area (Å²) in [4.78, 5) is 31.8. The number of urea groups is 1. The molecule has 0 radical (unpaired) electrons. The van der Waals surface area contributed by atoms with Crippen LogP contribution in [0.2, 0.25) is 0 Å². The number of amides is 3. The average molecular weight is 586 g/mol. The summed E-state index contributed by atoms with van der Waals surface area (Å²) in [6, 6.07) is 25.1. The maximum absolute atomic E-state index is 12.8. The van der Waals surface area contributed by atoms with Crippen molar-refractivity contribution in [1.29, 1.82) is 0 Å². The lowest BCUT2D eigenvalue weighted by Gasteiger charge is -2.32. The van der Waals surface area contributed by atoms with Crippen molar-refractivity contribution in [2.75, 3.05) is 57.7 Å². The summed E-state index contributed by atoms with van der Waals surface area (Å²) in [5.41, 5.74) is 3.89. The van der Waals surface area contributed by atoms with Crippen LogP contribution in [0.3, 0.4) is 0 Å². The number of piperidine rings is 1. The second kappa shape index (κ2) is 15.4. The molecule has 0 saturated carbocycles. The number of hydrogen-bond donors (Lipinski definition) is 3. The fraction of sp³-hybridized carbons (Fsp3) is 0.412. The van der Waals surface area contributed by atoms with E-state index in [1.54, 1.807) is 12.1 Å². The Hall–Kier alpha value is -4.08. The van der Waals surface area contributed by atoms with E-state index in [-0.39, 0.29) is 17.9 Å². The van der Waals surface area contributed by atoms with E-state index in [0.29, 0.717) is 0 Å². The van der Waals surface area contributed by atoms with Gasteiger partial charge in [-0.15, -0.1) is 0 Å². The van der Waals surface area contributed by atoms with Gasteiger partial charge in [-0.05, 0) is 68.1 Å². The summed E-state index contributed by atoms with van der Waals surface area (Å²) in [6.07, 6.45) is 2.97. The molecule has 0 aromatic heterocycles. The highest BCUT2D eigenvalue weighted by atomic mass is 16.6. The predicted octanol–water partition coefficient (Wildman–Crippen LogP) is 5.38. The molecule has 0 bridgehead atoms. The molecule has 2 fully saturated rings. The van der Waals surface area contributed by atoms with E-state index in [1.165, 1.54) is 0 Å². The molecule has 3 aromatic carbocycles. The number of anilines is 1. The Morgan fingerprint density at radius 1 is 0.814 bits per heavy atom. The Labute approximate surface area is 254 Å². The zero-order valence-electron chi connectivity index (χ0n) is 24.8. The normalized spacial score (nSPS) is 16.0. The van der Waals surface area contributed by atoms with Crippen molar-refractivity contribution >= 4 is 17.8 Å². The summed E-state index contributed by atoms with van der Waals surface area (Å²) < 4.78 is 5.77. The molecule has 3 N–H and O–H groups in total. The molecule has 0 atom stereocenters. The fourth-order valence-corrected chi connectivity index (χ4v) is 5.78. The molecule has 0 spiro atoms. The van der Waals surface area contributed by atoms with Crippen molar-refractivity contribution in [2.45, 2.75) is 38.3 Å². The summed E-state index contributed by atoms with van der Waals surface area (Å²) in [6.45, 7) is 7.41. The first-order chi connectivity index (χ1) is 21.0. The Bertz CT molecular complexity index is 1310. The number of nitrogens with zero attached hydrogens (tertiary/aromatic N) is 3. The van der Waals surface area contributed by atoms with Crippen LogP contribution in [0.5, 0.6) is 5.75 Å². The SMILES string of the molecule is O=C(Nc1ccccc1-c1ccccc1)OC1CCN(CCCN2CCN(CCCNCc3ccc(O)cc3)C2=O)CC1. The van der Waals surface area contributed by atoms with E-state index in [4.69, 9.17) is 4.74 Å². The van der Waals surface area contributed by atoms with Gasteiger partial charge in [0.15, 0.2) is 0 Å². The monoisotopic (exact) mass is 585 g/mol. The van der Waals surface area contributed by atoms with Crippen LogP contribution in [0.4, 0.5) is 15.3 Å². The highest BCUT2D eigenvalue weighted by Gasteiger charge is 2.28. The molecule has 3 aromatic rings. The second-order valence-corrected chi connectivity index (χ2v) is 11.3. The number of nitrogens with one attached hydrogen (secondary N) is 2. The molecular weight excluding hydrogens is 542 g/mol. The molecule has 228 valence electrons. The van der Waals surface area contributed by atoms with Crippen LogP contribution < -0.4 is 10.6 Å². The van der Waals surface area contributed by atoms with Gasteiger partial charge in [0, 0.05) is 51.4 Å². The number of phenolic OH excluding ortho intramolecular Hbond substituents is 1. The minimum atomic E-state index is -0.410. The lowest BCUT2D eigenvalue weighted by Crippen LogP contribution is -2.40. The van der Waals surface area contributed by atoms with E-state index in [0.717, 1.165) is 107 Å². The Balaban J connectivity index is 0.939. The maximum atomic E-state index is 12.8. The molecule has 0 aliphatic carbocycles. The summed E-state index contributed by atoms with van der Waals surface area (Å²) in [7, 11) is 0. The zero-order valence-corrected chi connectivity index (χ0v) is 24.8. The first kappa shape index (κ1) is 30.4. The second-order valence-electron chi connectivity index (χ2n) is 11.3. The lowest BCUT2D eigenvalue weighted by atomic mass is 10.0. The van der Waals surface area contributed by atoms with Crippen LogP contribution in [0.15, 0.2) is 78.9 Å². The third kappa shape index (κ3) is 8.95. The van der Waals surface area contributed by atoms with Crippen LogP contribution in [0, 0.1) is 0 Å². The number of likely N-dealkylation sites (tertiary alicyclic amines) is 1. The molecule has 43 heavy (non-hydrogen) atoms. The van der Waals surface area contributed by atoms with Gasteiger partial charge < -0.3 is 29.9 Å². The molecule has 2 heterocycles. The van der Waals surface area contributed by atoms with E-state index in [2.05, 4.69) is 15.5 Å². The third-order valence-electron chi connectivity index (χ3n) is 8.19. The quantitative estimate of drug-likeness (QED) is 0.233. The average Bonchev–Trinajstić information content (AvgIpc) is 3.38. The van der Waals surface area contributed by atoms with Crippen molar-refractivity contribution in [3.63, 3.8) is 0 Å². The smallest absolute Gasteiger partial charge is 0.411 e. The molecular formula is C34H43N5O4. The molecule has 2 aliphatic rings. The van der Waals surface area contributed by atoms with E-state index in [9.17, 15) is 14.7 Å². The van der Waals surface area contributed by atoms with Gasteiger partial charge in [0.1, 0.15) is 11.9 Å². The van der Waals surface area contributed by atoms with Crippen molar-refractivity contribution in [3.05, 3.63) is 84.4 Å². The zero-order chi connectivity index (χ0) is 29.9. The largest absolute Gasteiger partial charge is 0.508 e. The summed E-state index contributed by atoms with van der Waals surface area (Å²) >= 11 is 0. The lowest BCUT2D eigenvalue weighted by molar-refractivity contribution is 0.0581. The van der Waals surface area contributed by atoms with Crippen LogP contribution in [0.1, 0.15) is 31.2 Å². The number of para-hydroxylation sites is 1. The number of hydrogen-bond acceptors (Lipinski definition) is 6. The molecule has 2 saturated heterocycles. The number of ether oxygens (including phenoxy) is 1. The van der Waals surface area contributed by atoms with Crippen molar-refractivity contribution in [3.8, 4) is 16.9 Å². The first-order valence-electron chi connectivity index (χ1n) is 15.4. The van der Waals surface area contributed by atoms with Gasteiger partial charge >= 0.3 is 12.1 Å². The highest BCUT2D eigenvalue weighted by molar-refractivity contribution is 5.91. The van der Waals surface area contributed by atoms with Gasteiger partial charge in [-0.25, -0.2) is 9.59 Å². The minimum Gasteiger partial charge on any atom is -0.508 e. The van der Waals surface area contributed by atoms with Gasteiger partial charge in [-0.1, -0.05) is 60.7 Å². The fourth-order valence-electron chi connectivity index (χ4n) is 5.78. The number of carbonyl (C=O) groups is 2. The van der Waals surface area contributed by atoms with Gasteiger partial charge in [0.2, 0.25) is 0 Å². The van der Waals surface area contributed by atoms with Crippen molar-refractivity contribution < 1.29 is 19.4 Å². The molecule has 3 amide bonds. The molecule has 9 heteroatoms. The van der Waals surface area contributed by atoms with Gasteiger partial charge in [0.05, 0.1) is 5.69 Å². The number of benzene rings is 3. The number of phenols is 1. The van der Waals surface area contributed by atoms with Gasteiger partial charge in [-0.2, -0.15) is 0 Å². The molecule has 0 unspecified atom stereocenters. The standard InChI is InChI=1S/C34H43N5O4/c40-29-14-12-27(13-15-29)26-35-18-6-20-38-24-25-39(34(38)42)21-7-19-37-22-16-30(17-23-37)43-33(41)36-32-11-5-4-10-31(32)28-8-2-1-3-9-28/h1-5,8-15,30,35,40H,6-7,16-26H2,(H,36,41). The number of carbonyl (C=O) groups excluding carboxylic acids is 2. The summed E-state index contributed by atoms with van der Waals surface area (Å²) in [5, 5.41) is 15.7. The predicted molar refractivity (Wildman–Crippen MR) is 169 cm³/mol. The molecule has 9 nitrogen and oxygen atoms in total. The van der Waals surface area contributed by atoms with E-state index < -0.39 is 6.09 Å². The topological polar surface area (TPSA) is 97.4 Å². The van der Waals surface area contributed by atoms with Gasteiger partial charge in [0.25, 0.3) is 0 Å². The number of rotatable bonds is 13. The Kier molecular flexibility index (Phi) is 10.9. The van der Waals surface area contributed by atoms with Crippen molar-refractivity contribution in [2.24, 2.45) is 0 Å². The minimum absolute atomic E-state index is 0.0931. The van der Waals surface area contributed by atoms with Crippen LogP contribution in [-0.2, 0) is 11.3 Å². The summed E-state index contributed by atoms with van der Waals surface area (Å²) in [5.74, 6) is 0.277. The Morgan fingerprint density at radius 3 is 2.23 bits per heavy atom. The van der Waals surface area contributed by atoms with Crippen LogP contribution >= 0.6 is 0 Å². The van der Waals surface area contributed by atoms with Crippen molar-refractivity contribution in [1.82, 2.24) is 20.0 Å². The maximum Gasteiger partial charge on any atom is 0.411 e. The highest BCUT2D eigenvalue weighted by Crippen LogP contribution is 2.28. The third-order valence-corrected chi connectivity index (χ3v) is 8.19. The van der Waals surface area contributed by atoms with Crippen LogP contribution in [0.25, 0.3) is 11.1 Å². The molecule has 2 aliphatic heterocycles. The number of aromatic hydroxyl groups is 1. The van der Waals surface area contributed by atoms with Crippen LogP contribution in [-0.4, -0.2) is 90.4 Å². The van der Waals surface area contributed by atoms with Gasteiger partial charge in [-0.3, -0.25) is 5.32 Å².